The Morgan fingerprint density at radius 1 is 1.24 bits per heavy atom. The molecule has 1 amide bonds. The van der Waals surface area contributed by atoms with Crippen molar-refractivity contribution in [2.45, 2.75) is 26.2 Å². The summed E-state index contributed by atoms with van der Waals surface area (Å²) in [5.74, 6) is -1.14. The van der Waals surface area contributed by atoms with Crippen LogP contribution in [0.3, 0.4) is 0 Å². The molecule has 0 aliphatic carbocycles. The number of hydrogen-bond acceptors (Lipinski definition) is 4. The Balaban J connectivity index is 2.15. The van der Waals surface area contributed by atoms with E-state index >= 15 is 0 Å². The summed E-state index contributed by atoms with van der Waals surface area (Å²) in [7, 11) is 0. The number of carbonyl (C=O) groups is 2. The fraction of sp³-hybridized carbons (Fsp3) is 0.267. The quantitative estimate of drug-likeness (QED) is 0.902. The molecule has 21 heavy (non-hydrogen) atoms. The van der Waals surface area contributed by atoms with Crippen molar-refractivity contribution >= 4 is 17.6 Å². The number of rotatable bonds is 4. The SMILES string of the molecule is Cc1ncoc1C(=O)Nc1ccc(C(C)(C)C(=O)O)cc1. The lowest BCUT2D eigenvalue weighted by atomic mass is 9.85. The minimum atomic E-state index is -0.982. The van der Waals surface area contributed by atoms with Crippen molar-refractivity contribution in [3.63, 3.8) is 0 Å². The maximum atomic E-state index is 11.9. The molecule has 1 aromatic heterocycles. The molecule has 2 rings (SSSR count). The normalized spacial score (nSPS) is 11.2. The van der Waals surface area contributed by atoms with Gasteiger partial charge in [0.15, 0.2) is 6.39 Å². The summed E-state index contributed by atoms with van der Waals surface area (Å²) in [4.78, 5) is 27.0. The van der Waals surface area contributed by atoms with Gasteiger partial charge in [-0.15, -0.1) is 0 Å². The molecule has 2 N–H and O–H groups in total. The molecule has 0 saturated heterocycles. The lowest BCUT2D eigenvalue weighted by Crippen LogP contribution is -2.28. The van der Waals surface area contributed by atoms with Crippen LogP contribution in [0.25, 0.3) is 0 Å². The molecule has 0 aliphatic rings. The van der Waals surface area contributed by atoms with Gasteiger partial charge in [0.1, 0.15) is 0 Å². The fourth-order valence-electron chi connectivity index (χ4n) is 1.80. The highest BCUT2D eigenvalue weighted by molar-refractivity contribution is 6.02. The zero-order valence-corrected chi connectivity index (χ0v) is 12.0. The molecule has 0 fully saturated rings. The zero-order valence-electron chi connectivity index (χ0n) is 12.0. The molecular weight excluding hydrogens is 272 g/mol. The average Bonchev–Trinajstić information content (AvgIpc) is 2.85. The van der Waals surface area contributed by atoms with Crippen molar-refractivity contribution < 1.29 is 19.1 Å². The van der Waals surface area contributed by atoms with Crippen molar-refractivity contribution in [2.75, 3.05) is 5.32 Å². The third-order valence-corrected chi connectivity index (χ3v) is 3.35. The molecular formula is C15H16N2O4. The maximum absolute atomic E-state index is 11.9. The highest BCUT2D eigenvalue weighted by Gasteiger charge is 2.29. The van der Waals surface area contributed by atoms with E-state index in [0.717, 1.165) is 0 Å². The van der Waals surface area contributed by atoms with E-state index < -0.39 is 17.3 Å². The van der Waals surface area contributed by atoms with Crippen LogP contribution in [0.4, 0.5) is 5.69 Å². The Hall–Kier alpha value is -2.63. The van der Waals surface area contributed by atoms with Crippen molar-refractivity contribution in [2.24, 2.45) is 0 Å². The topological polar surface area (TPSA) is 92.4 Å². The number of carbonyl (C=O) groups excluding carboxylic acids is 1. The van der Waals surface area contributed by atoms with E-state index in [1.807, 2.05) is 0 Å². The number of benzene rings is 1. The van der Waals surface area contributed by atoms with Crippen LogP contribution >= 0.6 is 0 Å². The predicted octanol–water partition coefficient (Wildman–Crippen LogP) is 2.60. The Morgan fingerprint density at radius 2 is 1.86 bits per heavy atom. The largest absolute Gasteiger partial charge is 0.481 e. The summed E-state index contributed by atoms with van der Waals surface area (Å²) in [5.41, 5.74) is 0.741. The van der Waals surface area contributed by atoms with E-state index in [1.54, 1.807) is 45.0 Å². The lowest BCUT2D eigenvalue weighted by Gasteiger charge is -2.19. The first-order valence-electron chi connectivity index (χ1n) is 6.37. The Bertz CT molecular complexity index is 671. The summed E-state index contributed by atoms with van der Waals surface area (Å²) in [6.45, 7) is 4.93. The molecule has 0 radical (unpaired) electrons. The number of oxazole rings is 1. The summed E-state index contributed by atoms with van der Waals surface area (Å²) in [5, 5.41) is 11.8. The molecule has 2 aromatic rings. The van der Waals surface area contributed by atoms with Crippen molar-refractivity contribution in [1.29, 1.82) is 0 Å². The van der Waals surface area contributed by atoms with Gasteiger partial charge >= 0.3 is 5.97 Å². The number of aryl methyl sites for hydroxylation is 1. The molecule has 0 bridgehead atoms. The van der Waals surface area contributed by atoms with Crippen LogP contribution < -0.4 is 5.32 Å². The maximum Gasteiger partial charge on any atom is 0.313 e. The summed E-state index contributed by atoms with van der Waals surface area (Å²) >= 11 is 0. The molecule has 6 heteroatoms. The van der Waals surface area contributed by atoms with E-state index in [-0.39, 0.29) is 5.76 Å². The fourth-order valence-corrected chi connectivity index (χ4v) is 1.80. The molecule has 1 aromatic carbocycles. The molecule has 1 heterocycles. The number of carboxylic acids is 1. The molecule has 6 nitrogen and oxygen atoms in total. The van der Waals surface area contributed by atoms with Crippen LogP contribution in [-0.2, 0) is 10.2 Å². The second-order valence-corrected chi connectivity index (χ2v) is 5.23. The highest BCUT2D eigenvalue weighted by Crippen LogP contribution is 2.25. The number of nitrogens with zero attached hydrogens (tertiary/aromatic N) is 1. The number of aliphatic carboxylic acids is 1. The van der Waals surface area contributed by atoms with Crippen LogP contribution in [0.2, 0.25) is 0 Å². The smallest absolute Gasteiger partial charge is 0.313 e. The van der Waals surface area contributed by atoms with Crippen molar-refractivity contribution in [1.82, 2.24) is 4.98 Å². The predicted molar refractivity (Wildman–Crippen MR) is 76.3 cm³/mol. The lowest BCUT2D eigenvalue weighted by molar-refractivity contribution is -0.142. The monoisotopic (exact) mass is 288 g/mol. The van der Waals surface area contributed by atoms with E-state index in [0.29, 0.717) is 16.9 Å². The number of aromatic nitrogens is 1. The van der Waals surface area contributed by atoms with Gasteiger partial charge in [0.2, 0.25) is 5.76 Å². The number of nitrogens with one attached hydrogen (secondary N) is 1. The standard InChI is InChI=1S/C15H16N2O4/c1-9-12(21-8-16-9)13(18)17-11-6-4-10(5-7-11)15(2,3)14(19)20/h4-8H,1-3H3,(H,17,18)(H,19,20). The number of hydrogen-bond donors (Lipinski definition) is 2. The van der Waals surface area contributed by atoms with Gasteiger partial charge in [-0.25, -0.2) is 4.98 Å². The first-order valence-corrected chi connectivity index (χ1v) is 6.37. The summed E-state index contributed by atoms with van der Waals surface area (Å²) < 4.78 is 5.01. The minimum absolute atomic E-state index is 0.157. The Kier molecular flexibility index (Phi) is 3.80. The van der Waals surface area contributed by atoms with Gasteiger partial charge in [0.05, 0.1) is 11.1 Å². The number of anilines is 1. The first-order chi connectivity index (χ1) is 9.82. The van der Waals surface area contributed by atoms with E-state index in [1.165, 1.54) is 6.39 Å². The Morgan fingerprint density at radius 3 is 2.33 bits per heavy atom. The molecule has 0 unspecified atom stereocenters. The van der Waals surface area contributed by atoms with Crippen LogP contribution in [0.15, 0.2) is 35.1 Å². The van der Waals surface area contributed by atoms with Crippen LogP contribution in [-0.4, -0.2) is 22.0 Å². The summed E-state index contributed by atoms with van der Waals surface area (Å²) in [6, 6.07) is 6.67. The van der Waals surface area contributed by atoms with Gasteiger partial charge in [-0.2, -0.15) is 0 Å². The molecule has 0 atom stereocenters. The van der Waals surface area contributed by atoms with Gasteiger partial charge < -0.3 is 14.8 Å². The summed E-state index contributed by atoms with van der Waals surface area (Å²) in [6.07, 6.45) is 1.21. The van der Waals surface area contributed by atoms with Crippen molar-refractivity contribution in [3.05, 3.63) is 47.7 Å². The number of amides is 1. The zero-order chi connectivity index (χ0) is 15.6. The van der Waals surface area contributed by atoms with E-state index in [9.17, 15) is 14.7 Å². The Labute approximate surface area is 121 Å². The van der Waals surface area contributed by atoms with Gasteiger partial charge in [-0.1, -0.05) is 12.1 Å². The number of carboxylic acid groups (broad SMARTS) is 1. The van der Waals surface area contributed by atoms with Gasteiger partial charge in [-0.05, 0) is 38.5 Å². The first kappa shape index (κ1) is 14.8. The molecule has 0 spiro atoms. The second kappa shape index (κ2) is 5.40. The molecule has 110 valence electrons. The van der Waals surface area contributed by atoms with Gasteiger partial charge in [-0.3, -0.25) is 9.59 Å². The average molecular weight is 288 g/mol. The van der Waals surface area contributed by atoms with E-state index in [2.05, 4.69) is 10.3 Å². The van der Waals surface area contributed by atoms with Gasteiger partial charge in [0.25, 0.3) is 5.91 Å². The van der Waals surface area contributed by atoms with Crippen LogP contribution in [0, 0.1) is 6.92 Å². The van der Waals surface area contributed by atoms with Crippen molar-refractivity contribution in [3.8, 4) is 0 Å². The minimum Gasteiger partial charge on any atom is -0.481 e. The molecule has 0 saturated carbocycles. The third-order valence-electron chi connectivity index (χ3n) is 3.35. The van der Waals surface area contributed by atoms with Crippen LogP contribution in [0.5, 0.6) is 0 Å². The third kappa shape index (κ3) is 2.94. The highest BCUT2D eigenvalue weighted by atomic mass is 16.4. The van der Waals surface area contributed by atoms with E-state index in [4.69, 9.17) is 4.42 Å². The van der Waals surface area contributed by atoms with Gasteiger partial charge in [0, 0.05) is 5.69 Å². The molecule has 0 aliphatic heterocycles. The van der Waals surface area contributed by atoms with Crippen LogP contribution in [0.1, 0.15) is 35.7 Å². The second-order valence-electron chi connectivity index (χ2n) is 5.23.